The molecule has 198 valence electrons. The number of ether oxygens (including phenoxy) is 1. The second-order valence-electron chi connectivity index (χ2n) is 8.26. The molecule has 0 radical (unpaired) electrons. The van der Waals surface area contributed by atoms with Crippen LogP contribution in [0.2, 0.25) is 0 Å². The van der Waals surface area contributed by atoms with E-state index in [0.717, 1.165) is 5.56 Å². The first-order valence-corrected chi connectivity index (χ1v) is 14.8. The fourth-order valence-electron chi connectivity index (χ4n) is 3.81. The van der Waals surface area contributed by atoms with Crippen LogP contribution in [0, 0.1) is 0 Å². The number of benzene rings is 4. The summed E-state index contributed by atoms with van der Waals surface area (Å²) >= 11 is 0. The normalized spacial score (nSPS) is 12.6. The van der Waals surface area contributed by atoms with Crippen LogP contribution >= 0.6 is 10.3 Å². The molecule has 0 atom stereocenters. The van der Waals surface area contributed by atoms with E-state index >= 15 is 8.78 Å². The lowest BCUT2D eigenvalue weighted by Gasteiger charge is -2.39. The number of carbonyl (C=O) groups excluding carboxylic acids is 1. The van der Waals surface area contributed by atoms with E-state index in [0.29, 0.717) is 21.1 Å². The number of aryl methyl sites for hydroxylation is 1. The lowest BCUT2D eigenvalue weighted by Crippen LogP contribution is -2.41. The minimum Gasteiger partial charge on any atom is -0.460 e. The summed E-state index contributed by atoms with van der Waals surface area (Å²) in [4.78, 5) is 13.5. The van der Waals surface area contributed by atoms with Crippen LogP contribution in [0.3, 0.4) is 0 Å². The number of esters is 1. The first-order valence-electron chi connectivity index (χ1n) is 11.8. The van der Waals surface area contributed by atoms with Gasteiger partial charge in [0.15, 0.2) is 0 Å². The summed E-state index contributed by atoms with van der Waals surface area (Å²) in [5.74, 6) is -2.17. The molecule has 0 aromatic heterocycles. The first kappa shape index (κ1) is 27.5. The molecule has 0 unspecified atom stereocenters. The van der Waals surface area contributed by atoms with Crippen LogP contribution in [0.5, 0.6) is 0 Å². The lowest BCUT2D eigenvalue weighted by atomic mass is 10.1. The molecular weight excluding hydrogens is 530 g/mol. The van der Waals surface area contributed by atoms with E-state index in [1.165, 1.54) is 0 Å². The van der Waals surface area contributed by atoms with E-state index in [2.05, 4.69) is 0 Å². The Hall–Kier alpha value is -3.53. The Labute approximate surface area is 222 Å². The Morgan fingerprint density at radius 1 is 0.658 bits per heavy atom. The highest BCUT2D eigenvalue weighted by molar-refractivity contribution is 8.33. The highest BCUT2D eigenvalue weighted by Gasteiger charge is 2.58. The van der Waals surface area contributed by atoms with Crippen LogP contribution in [-0.4, -0.2) is 26.2 Å². The lowest BCUT2D eigenvalue weighted by molar-refractivity contribution is -0.161. The third kappa shape index (κ3) is 5.80. The molecule has 0 saturated carbocycles. The van der Waals surface area contributed by atoms with Crippen LogP contribution in [0.1, 0.15) is 12.0 Å². The topological polar surface area (TPSA) is 69.7 Å². The molecule has 4 aromatic carbocycles. The number of alkyl halides is 2. The standard InChI is InChI=1S/C29H26F2O5S2/c30-29(31,28(32)35-23-13-16-24-14-5-1-6-15-24)38(33,34)36-37(25-17-7-2-8-18-25,26-19-9-3-10-20-26)27-21-11-4-12-22-27/h1-12,14-15,17-22H,13,16,23H2. The van der Waals surface area contributed by atoms with Crippen molar-refractivity contribution < 1.29 is 30.4 Å². The Kier molecular flexibility index (Phi) is 8.61. The predicted molar refractivity (Wildman–Crippen MR) is 142 cm³/mol. The van der Waals surface area contributed by atoms with Crippen molar-refractivity contribution in [2.75, 3.05) is 6.61 Å². The van der Waals surface area contributed by atoms with Crippen LogP contribution < -0.4 is 0 Å². The molecule has 0 bridgehead atoms. The zero-order valence-corrected chi connectivity index (χ0v) is 21.9. The van der Waals surface area contributed by atoms with E-state index in [9.17, 15) is 13.2 Å². The van der Waals surface area contributed by atoms with Crippen molar-refractivity contribution in [2.24, 2.45) is 0 Å². The van der Waals surface area contributed by atoms with Gasteiger partial charge in [0, 0.05) is 14.7 Å². The van der Waals surface area contributed by atoms with Crippen molar-refractivity contribution >= 4 is 26.4 Å². The quantitative estimate of drug-likeness (QED) is 0.147. The third-order valence-corrected chi connectivity index (χ3v) is 10.8. The molecule has 38 heavy (non-hydrogen) atoms. The van der Waals surface area contributed by atoms with Crippen LogP contribution in [0.4, 0.5) is 8.78 Å². The summed E-state index contributed by atoms with van der Waals surface area (Å²) in [6, 6.07) is 34.1. The summed E-state index contributed by atoms with van der Waals surface area (Å²) in [7, 11) is -9.07. The van der Waals surface area contributed by atoms with Gasteiger partial charge in [0.2, 0.25) is 0 Å². The molecule has 0 amide bonds. The second-order valence-corrected chi connectivity index (χ2v) is 12.8. The van der Waals surface area contributed by atoms with Gasteiger partial charge in [-0.3, -0.25) is 0 Å². The molecule has 0 heterocycles. The van der Waals surface area contributed by atoms with Gasteiger partial charge in [-0.05, 0) is 65.1 Å². The average molecular weight is 557 g/mol. The SMILES string of the molecule is O=C(OCCCc1ccccc1)C(F)(F)S(=O)(=O)OS(c1ccccc1)(c1ccccc1)c1ccccc1. The molecule has 0 spiro atoms. The Bertz CT molecular complexity index is 1340. The van der Waals surface area contributed by atoms with Crippen molar-refractivity contribution in [2.45, 2.75) is 32.8 Å². The summed E-state index contributed by atoms with van der Waals surface area (Å²) < 4.78 is 67.2. The van der Waals surface area contributed by atoms with Gasteiger partial charge >= 0.3 is 21.3 Å². The minimum atomic E-state index is -5.82. The molecule has 4 aromatic rings. The van der Waals surface area contributed by atoms with Gasteiger partial charge in [0.25, 0.3) is 0 Å². The van der Waals surface area contributed by atoms with E-state index in [1.807, 2.05) is 30.3 Å². The molecule has 0 N–H and O–H groups in total. The van der Waals surface area contributed by atoms with Crippen molar-refractivity contribution in [1.82, 2.24) is 0 Å². The van der Waals surface area contributed by atoms with Crippen molar-refractivity contribution in [3.8, 4) is 0 Å². The minimum absolute atomic E-state index is 0.250. The zero-order chi connectivity index (χ0) is 27.1. The van der Waals surface area contributed by atoms with Gasteiger partial charge in [0.1, 0.15) is 0 Å². The summed E-state index contributed by atoms with van der Waals surface area (Å²) in [5.41, 5.74) is 0.938. The molecule has 0 aliphatic carbocycles. The third-order valence-electron chi connectivity index (χ3n) is 5.65. The Morgan fingerprint density at radius 2 is 1.05 bits per heavy atom. The fraction of sp³-hybridized carbons (Fsp3) is 0.138. The Balaban J connectivity index is 1.66. The maximum Gasteiger partial charge on any atom is 0.466 e. The monoisotopic (exact) mass is 556 g/mol. The molecule has 4 rings (SSSR count). The van der Waals surface area contributed by atoms with Gasteiger partial charge < -0.3 is 4.74 Å². The van der Waals surface area contributed by atoms with Crippen LogP contribution in [0.25, 0.3) is 0 Å². The number of hydrogen-bond donors (Lipinski definition) is 0. The molecule has 9 heteroatoms. The molecule has 0 saturated heterocycles. The van der Waals surface area contributed by atoms with E-state index in [4.69, 9.17) is 8.37 Å². The van der Waals surface area contributed by atoms with Gasteiger partial charge in [-0.2, -0.15) is 17.2 Å². The molecule has 0 fully saturated rings. The smallest absolute Gasteiger partial charge is 0.460 e. The molecule has 0 aliphatic rings. The average Bonchev–Trinajstić information content (AvgIpc) is 2.96. The number of hydrogen-bond acceptors (Lipinski definition) is 5. The van der Waals surface area contributed by atoms with Crippen LogP contribution in [0.15, 0.2) is 136 Å². The van der Waals surface area contributed by atoms with Gasteiger partial charge in [-0.15, -0.1) is 0 Å². The summed E-state index contributed by atoms with van der Waals surface area (Å²) in [5, 5.41) is -4.93. The van der Waals surface area contributed by atoms with Gasteiger partial charge in [-0.25, -0.2) is 8.42 Å². The van der Waals surface area contributed by atoms with Crippen molar-refractivity contribution in [3.63, 3.8) is 0 Å². The predicted octanol–water partition coefficient (Wildman–Crippen LogP) is 7.00. The zero-order valence-electron chi connectivity index (χ0n) is 20.3. The highest BCUT2D eigenvalue weighted by atomic mass is 32.3. The summed E-state index contributed by atoms with van der Waals surface area (Å²) in [6.45, 7) is -0.368. The maximum absolute atomic E-state index is 15.2. The molecule has 5 nitrogen and oxygen atoms in total. The maximum atomic E-state index is 15.2. The number of halogens is 2. The van der Waals surface area contributed by atoms with Gasteiger partial charge in [-0.1, -0.05) is 84.9 Å². The number of carbonyl (C=O) groups is 1. The number of rotatable bonds is 11. The largest absolute Gasteiger partial charge is 0.466 e. The van der Waals surface area contributed by atoms with E-state index in [1.54, 1.807) is 91.0 Å². The van der Waals surface area contributed by atoms with Crippen LogP contribution in [-0.2, 0) is 29.7 Å². The highest BCUT2D eigenvalue weighted by Crippen LogP contribution is 2.70. The van der Waals surface area contributed by atoms with E-state index < -0.39 is 31.7 Å². The van der Waals surface area contributed by atoms with Crippen molar-refractivity contribution in [1.29, 1.82) is 0 Å². The Morgan fingerprint density at radius 3 is 1.47 bits per heavy atom. The molecule has 0 aliphatic heterocycles. The second kappa shape index (κ2) is 11.9. The van der Waals surface area contributed by atoms with E-state index in [-0.39, 0.29) is 13.0 Å². The summed E-state index contributed by atoms with van der Waals surface area (Å²) in [6.07, 6.45) is 0.728. The molecular formula is C29H26F2O5S2. The fourth-order valence-corrected chi connectivity index (χ4v) is 8.87. The first-order chi connectivity index (χ1) is 18.3. The van der Waals surface area contributed by atoms with Crippen molar-refractivity contribution in [3.05, 3.63) is 127 Å². The van der Waals surface area contributed by atoms with Gasteiger partial charge in [0.05, 0.1) is 6.61 Å².